The van der Waals surface area contributed by atoms with Crippen LogP contribution < -0.4 is 11.0 Å². The van der Waals surface area contributed by atoms with Crippen LogP contribution in [-0.4, -0.2) is 10.7 Å². The van der Waals surface area contributed by atoms with Gasteiger partial charge in [-0.3, -0.25) is 4.79 Å². The second kappa shape index (κ2) is 7.63. The smallest absolute Gasteiger partial charge is 0.258 e. The Morgan fingerprint density at radius 2 is 1.60 bits per heavy atom. The third kappa shape index (κ3) is 3.38. The van der Waals surface area contributed by atoms with Crippen molar-refractivity contribution in [1.29, 1.82) is 0 Å². The summed E-state index contributed by atoms with van der Waals surface area (Å²) < 4.78 is 0. The van der Waals surface area contributed by atoms with Crippen LogP contribution in [-0.2, 0) is 0 Å². The summed E-state index contributed by atoms with van der Waals surface area (Å²) >= 11 is 12.3. The van der Waals surface area contributed by atoms with Gasteiger partial charge in [0.05, 0.1) is 17.3 Å². The maximum Gasteiger partial charge on any atom is 0.258 e. The van der Waals surface area contributed by atoms with Crippen LogP contribution in [0.1, 0.15) is 23.6 Å². The van der Waals surface area contributed by atoms with Crippen LogP contribution in [0.15, 0.2) is 82.7 Å². The molecule has 2 heterocycles. The van der Waals surface area contributed by atoms with Crippen LogP contribution in [0.4, 0.5) is 0 Å². The molecule has 0 fully saturated rings. The van der Waals surface area contributed by atoms with Gasteiger partial charge in [-0.05, 0) is 41.5 Å². The van der Waals surface area contributed by atoms with Crippen LogP contribution in [0.3, 0.4) is 0 Å². The summed E-state index contributed by atoms with van der Waals surface area (Å²) in [6.07, 6.45) is 0.594. The van der Waals surface area contributed by atoms with Gasteiger partial charge in [0.25, 0.3) is 5.56 Å². The van der Waals surface area contributed by atoms with Gasteiger partial charge in [-0.1, -0.05) is 65.7 Å². The van der Waals surface area contributed by atoms with Crippen molar-refractivity contribution in [3.05, 3.63) is 104 Å². The van der Waals surface area contributed by atoms with E-state index in [-0.39, 0.29) is 11.6 Å². The van der Waals surface area contributed by atoms with E-state index in [1.165, 1.54) is 0 Å². The van der Waals surface area contributed by atoms with Crippen molar-refractivity contribution in [3.63, 3.8) is 0 Å². The minimum Gasteiger partial charge on any atom is -0.321 e. The molecule has 0 aliphatic carbocycles. The summed E-state index contributed by atoms with van der Waals surface area (Å²) in [5, 5.41) is 6.73. The molecule has 0 saturated heterocycles. The predicted octanol–water partition coefficient (Wildman–Crippen LogP) is 5.94. The predicted molar refractivity (Wildman–Crippen MR) is 123 cm³/mol. The van der Waals surface area contributed by atoms with Crippen molar-refractivity contribution in [1.82, 2.24) is 10.4 Å². The average Bonchev–Trinajstić information content (AvgIpc) is 3.24. The van der Waals surface area contributed by atoms with Gasteiger partial charge in [0.1, 0.15) is 0 Å². The van der Waals surface area contributed by atoms with E-state index in [9.17, 15) is 4.79 Å². The van der Waals surface area contributed by atoms with Crippen molar-refractivity contribution in [2.75, 3.05) is 0 Å². The Morgan fingerprint density at radius 1 is 0.867 bits per heavy atom. The SMILES string of the molecule is O=c1[nH]c2ccc(Cl)cc2c(-c2ccccc2)c1C1=NNC(c2ccc(Cl)cc2)C1. The van der Waals surface area contributed by atoms with Crippen molar-refractivity contribution in [2.24, 2.45) is 5.10 Å². The van der Waals surface area contributed by atoms with Crippen LogP contribution >= 0.6 is 23.2 Å². The van der Waals surface area contributed by atoms with Gasteiger partial charge in [-0.15, -0.1) is 0 Å². The molecule has 2 N–H and O–H groups in total. The monoisotopic (exact) mass is 433 g/mol. The molecule has 0 spiro atoms. The number of H-pyrrole nitrogens is 1. The van der Waals surface area contributed by atoms with E-state index in [1.807, 2.05) is 66.7 Å². The molecule has 3 aromatic carbocycles. The lowest BCUT2D eigenvalue weighted by Gasteiger charge is -2.14. The van der Waals surface area contributed by atoms with Gasteiger partial charge < -0.3 is 10.4 Å². The second-order valence-corrected chi connectivity index (χ2v) is 8.13. The highest BCUT2D eigenvalue weighted by Crippen LogP contribution is 2.34. The van der Waals surface area contributed by atoms with Crippen molar-refractivity contribution in [3.8, 4) is 11.1 Å². The zero-order valence-corrected chi connectivity index (χ0v) is 17.3. The Labute approximate surface area is 183 Å². The van der Waals surface area contributed by atoms with E-state index in [4.69, 9.17) is 23.2 Å². The number of fused-ring (bicyclic) bond motifs is 1. The average molecular weight is 434 g/mol. The molecule has 1 atom stereocenters. The van der Waals surface area contributed by atoms with Gasteiger partial charge in [0, 0.05) is 32.9 Å². The zero-order chi connectivity index (χ0) is 20.7. The molecular weight excluding hydrogens is 417 g/mol. The highest BCUT2D eigenvalue weighted by molar-refractivity contribution is 6.31. The van der Waals surface area contributed by atoms with E-state index < -0.39 is 0 Å². The molecule has 5 rings (SSSR count). The van der Waals surface area contributed by atoms with E-state index in [1.54, 1.807) is 6.07 Å². The minimum atomic E-state index is -0.166. The molecule has 148 valence electrons. The van der Waals surface area contributed by atoms with Gasteiger partial charge in [-0.25, -0.2) is 0 Å². The highest BCUT2D eigenvalue weighted by Gasteiger charge is 2.26. The largest absolute Gasteiger partial charge is 0.321 e. The fourth-order valence-electron chi connectivity index (χ4n) is 3.93. The number of nitrogens with zero attached hydrogens (tertiary/aromatic N) is 1. The molecule has 0 bridgehead atoms. The number of hydrogen-bond donors (Lipinski definition) is 2. The summed E-state index contributed by atoms with van der Waals surface area (Å²) in [4.78, 5) is 16.2. The molecule has 1 unspecified atom stereocenters. The van der Waals surface area contributed by atoms with Gasteiger partial charge >= 0.3 is 0 Å². The van der Waals surface area contributed by atoms with E-state index >= 15 is 0 Å². The van der Waals surface area contributed by atoms with Gasteiger partial charge in [0.15, 0.2) is 0 Å². The maximum atomic E-state index is 13.2. The molecule has 4 nitrogen and oxygen atoms in total. The normalized spacial score (nSPS) is 15.8. The van der Waals surface area contributed by atoms with Crippen LogP contribution in [0.25, 0.3) is 22.0 Å². The summed E-state index contributed by atoms with van der Waals surface area (Å²) in [5.41, 5.74) is 7.90. The molecule has 0 saturated carbocycles. The fourth-order valence-corrected chi connectivity index (χ4v) is 4.23. The summed E-state index contributed by atoms with van der Waals surface area (Å²) in [5.74, 6) is 0. The number of aromatic amines is 1. The second-order valence-electron chi connectivity index (χ2n) is 7.26. The Balaban J connectivity index is 1.67. The standard InChI is InChI=1S/C24H17Cl2N3O/c25-16-8-6-14(7-9-16)20-13-21(29-28-20)23-22(15-4-2-1-3-5-15)18-12-17(26)10-11-19(18)27-24(23)30/h1-12,20,28H,13H2,(H,27,30). The summed E-state index contributed by atoms with van der Waals surface area (Å²) in [6, 6.07) is 23.0. The van der Waals surface area contributed by atoms with E-state index in [0.717, 1.165) is 33.3 Å². The third-order valence-electron chi connectivity index (χ3n) is 5.35. The van der Waals surface area contributed by atoms with E-state index in [0.29, 0.717) is 22.0 Å². The number of hydrogen-bond acceptors (Lipinski definition) is 3. The van der Waals surface area contributed by atoms with E-state index in [2.05, 4.69) is 15.5 Å². The number of pyridine rings is 1. The lowest BCUT2D eigenvalue weighted by molar-refractivity contribution is 0.620. The van der Waals surface area contributed by atoms with Gasteiger partial charge in [0.2, 0.25) is 0 Å². The summed E-state index contributed by atoms with van der Waals surface area (Å²) in [6.45, 7) is 0. The molecule has 1 aliphatic heterocycles. The van der Waals surface area contributed by atoms with Gasteiger partial charge in [-0.2, -0.15) is 5.10 Å². The number of benzene rings is 3. The topological polar surface area (TPSA) is 57.2 Å². The van der Waals surface area contributed by atoms with Crippen molar-refractivity contribution in [2.45, 2.75) is 12.5 Å². The first-order valence-electron chi connectivity index (χ1n) is 9.59. The molecule has 6 heteroatoms. The Morgan fingerprint density at radius 3 is 2.37 bits per heavy atom. The van der Waals surface area contributed by atoms with Crippen LogP contribution in [0, 0.1) is 0 Å². The Bertz CT molecular complexity index is 1330. The maximum absolute atomic E-state index is 13.2. The lowest BCUT2D eigenvalue weighted by Crippen LogP contribution is -2.20. The molecule has 4 aromatic rings. The Hall–Kier alpha value is -3.08. The number of hydrazone groups is 1. The number of rotatable bonds is 3. The molecule has 1 aliphatic rings. The quantitative estimate of drug-likeness (QED) is 0.419. The molecule has 0 amide bonds. The zero-order valence-electron chi connectivity index (χ0n) is 15.8. The Kier molecular flexibility index (Phi) is 4.81. The molecular formula is C24H17Cl2N3O. The number of aromatic nitrogens is 1. The van der Waals surface area contributed by atoms with Crippen molar-refractivity contribution >= 4 is 39.8 Å². The first-order chi connectivity index (χ1) is 14.6. The minimum absolute atomic E-state index is 0.0182. The first kappa shape index (κ1) is 18.9. The van der Waals surface area contributed by atoms with Crippen molar-refractivity contribution < 1.29 is 0 Å². The molecule has 0 radical (unpaired) electrons. The lowest BCUT2D eigenvalue weighted by atomic mass is 9.91. The molecule has 1 aromatic heterocycles. The van der Waals surface area contributed by atoms with Crippen LogP contribution in [0.5, 0.6) is 0 Å². The molecule has 30 heavy (non-hydrogen) atoms. The van der Waals surface area contributed by atoms with Crippen LogP contribution in [0.2, 0.25) is 10.0 Å². The third-order valence-corrected chi connectivity index (χ3v) is 5.84. The summed E-state index contributed by atoms with van der Waals surface area (Å²) in [7, 11) is 0. The fraction of sp³-hybridized carbons (Fsp3) is 0.0833. The first-order valence-corrected chi connectivity index (χ1v) is 10.3. The number of nitrogens with one attached hydrogen (secondary N) is 2. The highest BCUT2D eigenvalue weighted by atomic mass is 35.5. The number of halogens is 2.